The second-order valence-corrected chi connectivity index (χ2v) is 9.26. The van der Waals surface area contributed by atoms with Gasteiger partial charge in [-0.3, -0.25) is 9.69 Å². The molecule has 0 spiro atoms. The largest absolute Gasteiger partial charge is 0.462 e. The first kappa shape index (κ1) is 21.3. The molecule has 1 aliphatic carbocycles. The smallest absolute Gasteiger partial charge is 0.307 e. The number of carbonyl (C=O) groups excluding carboxylic acids is 1. The molecule has 3 aliphatic rings. The van der Waals surface area contributed by atoms with E-state index in [9.17, 15) is 4.79 Å². The van der Waals surface area contributed by atoms with Crippen molar-refractivity contribution in [2.45, 2.75) is 44.2 Å². The number of nitrogens with zero attached hydrogens (tertiary/aromatic N) is 3. The van der Waals surface area contributed by atoms with Crippen molar-refractivity contribution in [3.8, 4) is 11.5 Å². The van der Waals surface area contributed by atoms with Crippen LogP contribution in [0.4, 0.5) is 5.69 Å². The van der Waals surface area contributed by atoms with E-state index >= 15 is 0 Å². The molecule has 0 N–H and O–H groups in total. The number of benzene rings is 2. The predicted octanol–water partition coefficient (Wildman–Crippen LogP) is 5.02. The molecule has 1 saturated heterocycles. The van der Waals surface area contributed by atoms with Crippen LogP contribution in [-0.4, -0.2) is 60.4 Å². The Morgan fingerprint density at radius 1 is 1.16 bits per heavy atom. The van der Waals surface area contributed by atoms with Gasteiger partial charge in [-0.15, -0.1) is 0 Å². The van der Waals surface area contributed by atoms with Crippen molar-refractivity contribution in [1.29, 1.82) is 0 Å². The minimum Gasteiger partial charge on any atom is -0.462 e. The van der Waals surface area contributed by atoms with Crippen molar-refractivity contribution < 1.29 is 14.3 Å². The third kappa shape index (κ3) is 4.48. The third-order valence-electron chi connectivity index (χ3n) is 6.57. The van der Waals surface area contributed by atoms with Gasteiger partial charge in [-0.2, -0.15) is 0 Å². The lowest BCUT2D eigenvalue weighted by Gasteiger charge is -2.40. The zero-order valence-corrected chi connectivity index (χ0v) is 19.1. The number of halogens is 1. The Bertz CT molecular complexity index is 1030. The van der Waals surface area contributed by atoms with Crippen molar-refractivity contribution in [3.05, 3.63) is 53.1 Å². The Morgan fingerprint density at radius 2 is 1.97 bits per heavy atom. The van der Waals surface area contributed by atoms with Crippen LogP contribution in [0.25, 0.3) is 0 Å². The molecule has 5 rings (SSSR count). The lowest BCUT2D eigenvalue weighted by Crippen LogP contribution is -2.54. The molecule has 0 aromatic heterocycles. The standard InChI is InChI=1S/C25H28ClN3O3/c1-28-12-13-29(16-18(28)15-24(30)31-19-6-2-3-7-19)25-20-8-4-5-9-22(20)32-23-11-10-17(26)14-21(23)27-25/h4-5,8-11,14,18-19H,2-3,6-7,12-13,15-16H2,1H3/t18-/m0/s1. The molecule has 2 aromatic carbocycles. The van der Waals surface area contributed by atoms with E-state index in [1.165, 1.54) is 0 Å². The Balaban J connectivity index is 1.40. The van der Waals surface area contributed by atoms with E-state index in [0.717, 1.165) is 55.9 Å². The van der Waals surface area contributed by atoms with Gasteiger partial charge in [0.1, 0.15) is 23.4 Å². The molecule has 2 aliphatic heterocycles. The van der Waals surface area contributed by atoms with Crippen molar-refractivity contribution in [2.75, 3.05) is 26.7 Å². The molecule has 7 heteroatoms. The monoisotopic (exact) mass is 453 g/mol. The summed E-state index contributed by atoms with van der Waals surface area (Å²) in [6.45, 7) is 2.35. The van der Waals surface area contributed by atoms with Gasteiger partial charge in [0.05, 0.1) is 12.0 Å². The molecule has 32 heavy (non-hydrogen) atoms. The van der Waals surface area contributed by atoms with Crippen LogP contribution in [0.5, 0.6) is 11.5 Å². The molecule has 0 bridgehead atoms. The summed E-state index contributed by atoms with van der Waals surface area (Å²) >= 11 is 6.25. The Kier molecular flexibility index (Phi) is 6.07. The minimum atomic E-state index is -0.0979. The number of hydrogen-bond donors (Lipinski definition) is 0. The fourth-order valence-electron chi connectivity index (χ4n) is 4.73. The molecule has 168 valence electrons. The molecular weight excluding hydrogens is 426 g/mol. The normalized spacial score (nSPS) is 21.2. The number of carbonyl (C=O) groups is 1. The maximum Gasteiger partial charge on any atom is 0.307 e. The quantitative estimate of drug-likeness (QED) is 0.611. The summed E-state index contributed by atoms with van der Waals surface area (Å²) in [4.78, 5) is 22.1. The molecule has 2 fully saturated rings. The average molecular weight is 454 g/mol. The second-order valence-electron chi connectivity index (χ2n) is 8.83. The maximum absolute atomic E-state index is 12.6. The molecule has 2 aromatic rings. The van der Waals surface area contributed by atoms with Gasteiger partial charge < -0.3 is 14.4 Å². The number of esters is 1. The first-order chi connectivity index (χ1) is 15.6. The number of fused-ring (bicyclic) bond motifs is 2. The summed E-state index contributed by atoms with van der Waals surface area (Å²) < 4.78 is 11.9. The highest BCUT2D eigenvalue weighted by Crippen LogP contribution is 2.39. The van der Waals surface area contributed by atoms with E-state index < -0.39 is 0 Å². The van der Waals surface area contributed by atoms with Crippen LogP contribution < -0.4 is 4.74 Å². The summed E-state index contributed by atoms with van der Waals surface area (Å²) in [6.07, 6.45) is 4.78. The van der Waals surface area contributed by atoms with E-state index in [4.69, 9.17) is 26.1 Å². The van der Waals surface area contributed by atoms with E-state index in [0.29, 0.717) is 29.4 Å². The molecule has 0 radical (unpaired) electrons. The van der Waals surface area contributed by atoms with Gasteiger partial charge in [-0.05, 0) is 63.1 Å². The van der Waals surface area contributed by atoms with Crippen LogP contribution >= 0.6 is 11.6 Å². The number of para-hydroxylation sites is 1. The van der Waals surface area contributed by atoms with Gasteiger partial charge in [0.2, 0.25) is 0 Å². The van der Waals surface area contributed by atoms with E-state index in [1.807, 2.05) is 42.5 Å². The Labute approximate surface area is 193 Å². The van der Waals surface area contributed by atoms with E-state index in [1.54, 1.807) is 0 Å². The van der Waals surface area contributed by atoms with Crippen molar-refractivity contribution >= 4 is 29.1 Å². The third-order valence-corrected chi connectivity index (χ3v) is 6.81. The van der Waals surface area contributed by atoms with Gasteiger partial charge in [0, 0.05) is 30.7 Å². The van der Waals surface area contributed by atoms with Crippen molar-refractivity contribution in [3.63, 3.8) is 0 Å². The van der Waals surface area contributed by atoms with Crippen LogP contribution in [0, 0.1) is 0 Å². The van der Waals surface area contributed by atoms with Gasteiger partial charge in [0.15, 0.2) is 5.75 Å². The molecule has 0 amide bonds. The predicted molar refractivity (Wildman–Crippen MR) is 125 cm³/mol. The average Bonchev–Trinajstić information content (AvgIpc) is 3.23. The number of likely N-dealkylation sites (N-methyl/N-ethyl adjacent to an activating group) is 1. The van der Waals surface area contributed by atoms with Crippen LogP contribution in [0.15, 0.2) is 47.5 Å². The summed E-state index contributed by atoms with van der Waals surface area (Å²) in [5.41, 5.74) is 1.65. The fourth-order valence-corrected chi connectivity index (χ4v) is 4.90. The number of amidine groups is 1. The second kappa shape index (κ2) is 9.12. The lowest BCUT2D eigenvalue weighted by atomic mass is 10.1. The van der Waals surface area contributed by atoms with Crippen molar-refractivity contribution in [2.24, 2.45) is 4.99 Å². The van der Waals surface area contributed by atoms with E-state index in [2.05, 4.69) is 16.8 Å². The Morgan fingerprint density at radius 3 is 2.81 bits per heavy atom. The topological polar surface area (TPSA) is 54.4 Å². The van der Waals surface area contributed by atoms with Gasteiger partial charge in [0.25, 0.3) is 0 Å². The molecule has 1 atom stereocenters. The first-order valence-electron chi connectivity index (χ1n) is 11.4. The zero-order chi connectivity index (χ0) is 22.1. The van der Waals surface area contributed by atoms with Gasteiger partial charge in [-0.25, -0.2) is 4.99 Å². The number of ether oxygens (including phenoxy) is 2. The lowest BCUT2D eigenvalue weighted by molar-refractivity contribution is -0.150. The molecule has 2 heterocycles. The molecule has 6 nitrogen and oxygen atoms in total. The summed E-state index contributed by atoms with van der Waals surface area (Å²) in [5, 5.41) is 0.618. The number of aliphatic imine (C=N–C) groups is 1. The zero-order valence-electron chi connectivity index (χ0n) is 18.3. The summed E-state index contributed by atoms with van der Waals surface area (Å²) in [5.74, 6) is 2.20. The highest BCUT2D eigenvalue weighted by atomic mass is 35.5. The minimum absolute atomic E-state index is 0.0653. The highest BCUT2D eigenvalue weighted by Gasteiger charge is 2.32. The van der Waals surface area contributed by atoms with Gasteiger partial charge in [-0.1, -0.05) is 23.7 Å². The summed E-state index contributed by atoms with van der Waals surface area (Å²) in [7, 11) is 2.08. The van der Waals surface area contributed by atoms with Crippen molar-refractivity contribution in [1.82, 2.24) is 9.80 Å². The number of rotatable bonds is 3. The Hall–Kier alpha value is -2.57. The number of hydrogen-bond acceptors (Lipinski definition) is 6. The van der Waals surface area contributed by atoms with Crippen LogP contribution in [0.3, 0.4) is 0 Å². The summed E-state index contributed by atoms with van der Waals surface area (Å²) in [6, 6.07) is 13.5. The van der Waals surface area contributed by atoms with E-state index in [-0.39, 0.29) is 18.1 Å². The van der Waals surface area contributed by atoms with Crippen LogP contribution in [0.2, 0.25) is 5.02 Å². The first-order valence-corrected chi connectivity index (χ1v) is 11.7. The number of piperazine rings is 1. The van der Waals surface area contributed by atoms with Crippen LogP contribution in [0.1, 0.15) is 37.7 Å². The highest BCUT2D eigenvalue weighted by molar-refractivity contribution is 6.31. The van der Waals surface area contributed by atoms with Gasteiger partial charge >= 0.3 is 5.97 Å². The molecular formula is C25H28ClN3O3. The molecule has 1 saturated carbocycles. The maximum atomic E-state index is 12.6. The fraction of sp³-hybridized carbons (Fsp3) is 0.440. The van der Waals surface area contributed by atoms with Crippen LogP contribution in [-0.2, 0) is 9.53 Å². The SMILES string of the molecule is CN1CCN(C2=Nc3cc(Cl)ccc3Oc3ccccc32)C[C@@H]1CC(=O)OC1CCCC1. The molecule has 0 unspecified atom stereocenters.